The number of ketones is 1. The highest BCUT2D eigenvalue weighted by Crippen LogP contribution is 2.36. The van der Waals surface area contributed by atoms with Gasteiger partial charge in [0.1, 0.15) is 6.61 Å². The van der Waals surface area contributed by atoms with Crippen LogP contribution < -0.4 is 10.1 Å². The SMILES string of the molecule is O=C1Cc2ccc(-c3cnc4c(c3)NCCO4)cc2/C1=C/C1=CN=CC1. The molecule has 5 rings (SSSR count). The molecule has 0 fully saturated rings. The third-order valence-electron chi connectivity index (χ3n) is 4.89. The predicted octanol–water partition coefficient (Wildman–Crippen LogP) is 3.42. The number of pyridine rings is 1. The Balaban J connectivity index is 1.55. The fourth-order valence-corrected chi connectivity index (χ4v) is 3.56. The van der Waals surface area contributed by atoms with Crippen LogP contribution in [0.4, 0.5) is 5.69 Å². The summed E-state index contributed by atoms with van der Waals surface area (Å²) in [4.78, 5) is 21.0. The maximum absolute atomic E-state index is 12.5. The number of allylic oxidation sites excluding steroid dienone is 3. The fourth-order valence-electron chi connectivity index (χ4n) is 3.56. The number of aromatic nitrogens is 1. The molecule has 5 nitrogen and oxygen atoms in total. The van der Waals surface area contributed by atoms with Gasteiger partial charge in [0.15, 0.2) is 5.78 Å². The largest absolute Gasteiger partial charge is 0.474 e. The van der Waals surface area contributed by atoms with E-state index in [0.717, 1.165) is 52.1 Å². The molecule has 1 aromatic carbocycles. The highest BCUT2D eigenvalue weighted by molar-refractivity contribution is 6.26. The summed E-state index contributed by atoms with van der Waals surface area (Å²) in [5.41, 5.74) is 6.91. The van der Waals surface area contributed by atoms with Crippen molar-refractivity contribution in [2.45, 2.75) is 12.8 Å². The van der Waals surface area contributed by atoms with Gasteiger partial charge in [-0.2, -0.15) is 0 Å². The van der Waals surface area contributed by atoms with E-state index in [2.05, 4.69) is 33.5 Å². The van der Waals surface area contributed by atoms with Gasteiger partial charge in [-0.3, -0.25) is 9.79 Å². The van der Waals surface area contributed by atoms with Crippen molar-refractivity contribution in [3.63, 3.8) is 0 Å². The molecule has 0 saturated heterocycles. The minimum absolute atomic E-state index is 0.170. The zero-order valence-electron chi connectivity index (χ0n) is 14.2. The van der Waals surface area contributed by atoms with Crippen LogP contribution in [-0.2, 0) is 11.2 Å². The molecular weight excluding hydrogens is 326 g/mol. The summed E-state index contributed by atoms with van der Waals surface area (Å²) in [6.45, 7) is 1.41. The zero-order valence-corrected chi connectivity index (χ0v) is 14.2. The van der Waals surface area contributed by atoms with Gasteiger partial charge in [0.25, 0.3) is 0 Å². The van der Waals surface area contributed by atoms with Gasteiger partial charge in [0, 0.05) is 49.1 Å². The summed E-state index contributed by atoms with van der Waals surface area (Å²) in [6, 6.07) is 8.25. The maximum atomic E-state index is 12.5. The van der Waals surface area contributed by atoms with Crippen molar-refractivity contribution in [2.75, 3.05) is 18.5 Å². The van der Waals surface area contributed by atoms with Crippen LogP contribution in [0.15, 0.2) is 53.3 Å². The fraction of sp³-hybridized carbons (Fsp3) is 0.190. The Morgan fingerprint density at radius 2 is 2.15 bits per heavy atom. The van der Waals surface area contributed by atoms with Gasteiger partial charge < -0.3 is 10.1 Å². The zero-order chi connectivity index (χ0) is 17.5. The molecule has 1 N–H and O–H groups in total. The Labute approximate surface area is 151 Å². The number of hydrogen-bond acceptors (Lipinski definition) is 5. The number of hydrogen-bond donors (Lipinski definition) is 1. The van der Waals surface area contributed by atoms with E-state index < -0.39 is 0 Å². The molecule has 2 aliphatic heterocycles. The molecule has 26 heavy (non-hydrogen) atoms. The van der Waals surface area contributed by atoms with Crippen LogP contribution in [0, 0.1) is 0 Å². The summed E-state index contributed by atoms with van der Waals surface area (Å²) >= 11 is 0. The predicted molar refractivity (Wildman–Crippen MR) is 102 cm³/mol. The number of nitrogens with zero attached hydrogens (tertiary/aromatic N) is 2. The molecule has 0 saturated carbocycles. The third kappa shape index (κ3) is 2.52. The first-order valence-electron chi connectivity index (χ1n) is 8.74. The van der Waals surface area contributed by atoms with Crippen molar-refractivity contribution in [3.05, 3.63) is 59.4 Å². The third-order valence-corrected chi connectivity index (χ3v) is 4.89. The normalized spacial score (nSPS) is 19.0. The van der Waals surface area contributed by atoms with E-state index in [1.54, 1.807) is 0 Å². The quantitative estimate of drug-likeness (QED) is 0.849. The molecule has 128 valence electrons. The van der Waals surface area contributed by atoms with Crippen LogP contribution in [0.2, 0.25) is 0 Å². The molecule has 1 aliphatic carbocycles. The Morgan fingerprint density at radius 3 is 3.04 bits per heavy atom. The molecule has 0 atom stereocenters. The monoisotopic (exact) mass is 343 g/mol. The van der Waals surface area contributed by atoms with Crippen LogP contribution in [-0.4, -0.2) is 30.1 Å². The number of aliphatic imine (C=N–C) groups is 1. The van der Waals surface area contributed by atoms with E-state index in [-0.39, 0.29) is 5.78 Å². The summed E-state index contributed by atoms with van der Waals surface area (Å²) in [6.07, 6.45) is 8.73. The van der Waals surface area contributed by atoms with Crippen molar-refractivity contribution in [2.24, 2.45) is 4.99 Å². The summed E-state index contributed by atoms with van der Waals surface area (Å²) in [5.74, 6) is 0.814. The topological polar surface area (TPSA) is 63.6 Å². The number of carbonyl (C=O) groups excluding carboxylic acids is 1. The molecule has 0 spiro atoms. The lowest BCUT2D eigenvalue weighted by Gasteiger charge is -2.18. The number of rotatable bonds is 2. The Kier molecular flexibility index (Phi) is 3.45. The van der Waals surface area contributed by atoms with Gasteiger partial charge in [-0.1, -0.05) is 12.1 Å². The Hall–Kier alpha value is -3.21. The van der Waals surface area contributed by atoms with Crippen molar-refractivity contribution in [1.29, 1.82) is 0 Å². The van der Waals surface area contributed by atoms with Gasteiger partial charge in [-0.05, 0) is 40.5 Å². The number of ether oxygens (including phenoxy) is 1. The van der Waals surface area contributed by atoms with Gasteiger partial charge in [-0.15, -0.1) is 0 Å². The highest BCUT2D eigenvalue weighted by atomic mass is 16.5. The number of carbonyl (C=O) groups is 1. The first-order valence-corrected chi connectivity index (χ1v) is 8.74. The second kappa shape index (κ2) is 5.95. The molecule has 3 heterocycles. The van der Waals surface area contributed by atoms with Crippen LogP contribution in [0.3, 0.4) is 0 Å². The number of Topliss-reactive ketones (excluding diaryl/α,β-unsaturated/α-hetero) is 1. The standard InChI is InChI=1S/C21H17N3O2/c25-20-10-15-2-1-14(8-17(15)18(20)7-13-3-4-22-11-13)16-9-19-21(24-12-16)26-6-5-23-19/h1-2,4,7-9,11-12,23H,3,5-6,10H2/b18-7-. The first-order chi connectivity index (χ1) is 12.8. The smallest absolute Gasteiger partial charge is 0.237 e. The van der Waals surface area contributed by atoms with E-state index in [0.29, 0.717) is 18.9 Å². The summed E-state index contributed by atoms with van der Waals surface area (Å²) < 4.78 is 5.55. The van der Waals surface area contributed by atoms with E-state index >= 15 is 0 Å². The molecule has 1 aromatic heterocycles. The minimum atomic E-state index is 0.170. The summed E-state index contributed by atoms with van der Waals surface area (Å²) in [7, 11) is 0. The van der Waals surface area contributed by atoms with Gasteiger partial charge in [0.2, 0.25) is 5.88 Å². The second-order valence-corrected chi connectivity index (χ2v) is 6.62. The van der Waals surface area contributed by atoms with Gasteiger partial charge >= 0.3 is 0 Å². The van der Waals surface area contributed by atoms with E-state index in [9.17, 15) is 4.79 Å². The highest BCUT2D eigenvalue weighted by Gasteiger charge is 2.25. The Morgan fingerprint density at radius 1 is 1.19 bits per heavy atom. The molecule has 2 aromatic rings. The summed E-state index contributed by atoms with van der Waals surface area (Å²) in [5, 5.41) is 3.31. The molecule has 3 aliphatic rings. The minimum Gasteiger partial charge on any atom is -0.474 e. The Bertz CT molecular complexity index is 1020. The van der Waals surface area contributed by atoms with E-state index in [1.807, 2.05) is 30.8 Å². The average Bonchev–Trinajstić information content (AvgIpc) is 3.29. The second-order valence-electron chi connectivity index (χ2n) is 6.62. The average molecular weight is 343 g/mol. The van der Waals surface area contributed by atoms with Crippen LogP contribution in [0.5, 0.6) is 5.88 Å². The van der Waals surface area contributed by atoms with Crippen molar-refractivity contribution in [3.8, 4) is 17.0 Å². The molecule has 5 heteroatoms. The van der Waals surface area contributed by atoms with Crippen LogP contribution in [0.25, 0.3) is 16.7 Å². The lowest BCUT2D eigenvalue weighted by Crippen LogP contribution is -2.18. The van der Waals surface area contributed by atoms with Crippen molar-refractivity contribution < 1.29 is 9.53 Å². The molecule has 0 bridgehead atoms. The number of benzene rings is 1. The van der Waals surface area contributed by atoms with Crippen LogP contribution in [0.1, 0.15) is 17.5 Å². The number of anilines is 1. The molecule has 0 amide bonds. The molecule has 0 unspecified atom stereocenters. The van der Waals surface area contributed by atoms with Gasteiger partial charge in [-0.25, -0.2) is 4.98 Å². The number of nitrogens with one attached hydrogen (secondary N) is 1. The lowest BCUT2D eigenvalue weighted by atomic mass is 9.98. The van der Waals surface area contributed by atoms with Crippen molar-refractivity contribution >= 4 is 23.3 Å². The molecular formula is C21H17N3O2. The van der Waals surface area contributed by atoms with E-state index in [1.165, 1.54) is 0 Å². The first kappa shape index (κ1) is 15.1. The lowest BCUT2D eigenvalue weighted by molar-refractivity contribution is -0.112. The van der Waals surface area contributed by atoms with Gasteiger partial charge in [0.05, 0.1) is 5.69 Å². The van der Waals surface area contributed by atoms with E-state index in [4.69, 9.17) is 4.74 Å². The molecule has 0 radical (unpaired) electrons. The maximum Gasteiger partial charge on any atom is 0.237 e. The number of fused-ring (bicyclic) bond motifs is 2. The van der Waals surface area contributed by atoms with Crippen LogP contribution >= 0.6 is 0 Å². The van der Waals surface area contributed by atoms with Crippen molar-refractivity contribution in [1.82, 2.24) is 4.98 Å².